The van der Waals surface area contributed by atoms with Crippen molar-refractivity contribution in [3.8, 4) is 5.75 Å². The molecule has 2 nitrogen and oxygen atoms in total. The average Bonchev–Trinajstić information content (AvgIpc) is 2.47. The molecule has 2 aromatic rings. The van der Waals surface area contributed by atoms with E-state index in [1.165, 1.54) is 0 Å². The summed E-state index contributed by atoms with van der Waals surface area (Å²) in [6.45, 7) is 2.51. The summed E-state index contributed by atoms with van der Waals surface area (Å²) in [7, 11) is 0. The van der Waals surface area contributed by atoms with E-state index in [0.29, 0.717) is 6.54 Å². The fourth-order valence-electron chi connectivity index (χ4n) is 1.98. The van der Waals surface area contributed by atoms with Gasteiger partial charge in [-0.05, 0) is 35.7 Å². The van der Waals surface area contributed by atoms with Gasteiger partial charge in [0.05, 0.1) is 0 Å². The topological polar surface area (TPSA) is 35.2 Å². The zero-order valence-corrected chi connectivity index (χ0v) is 11.7. The zero-order valence-electron chi connectivity index (χ0n) is 11.0. The third-order valence-electron chi connectivity index (χ3n) is 3.06. The van der Waals surface area contributed by atoms with Crippen LogP contribution in [0.5, 0.6) is 5.75 Å². The number of aryl methyl sites for hydroxylation is 1. The van der Waals surface area contributed by atoms with E-state index < -0.39 is 0 Å². The predicted octanol–water partition coefficient (Wildman–Crippen LogP) is 3.98. The van der Waals surface area contributed by atoms with E-state index in [9.17, 15) is 0 Å². The lowest BCUT2D eigenvalue weighted by molar-refractivity contribution is 0.214. The van der Waals surface area contributed by atoms with E-state index in [0.717, 1.165) is 28.3 Å². The molecule has 0 amide bonds. The molecular weight excluding hydrogens is 258 g/mol. The van der Waals surface area contributed by atoms with Crippen molar-refractivity contribution in [1.29, 1.82) is 0 Å². The third kappa shape index (κ3) is 3.49. The summed E-state index contributed by atoms with van der Waals surface area (Å²) in [5, 5.41) is 0.777. The van der Waals surface area contributed by atoms with E-state index in [4.69, 9.17) is 22.1 Å². The molecule has 0 bridgehead atoms. The highest BCUT2D eigenvalue weighted by atomic mass is 35.5. The van der Waals surface area contributed by atoms with Crippen molar-refractivity contribution in [3.05, 3.63) is 64.7 Å². The van der Waals surface area contributed by atoms with Crippen molar-refractivity contribution in [2.24, 2.45) is 5.73 Å². The maximum atomic E-state index is 6.10. The standard InChI is InChI=1S/C16H18ClNO/c1-2-12-10-14(8-9-15(12)17)19-16(11-18)13-6-4-3-5-7-13/h3-10,16H,2,11,18H2,1H3. The van der Waals surface area contributed by atoms with Crippen molar-refractivity contribution in [2.75, 3.05) is 6.54 Å². The third-order valence-corrected chi connectivity index (χ3v) is 3.43. The largest absolute Gasteiger partial charge is 0.484 e. The molecule has 1 unspecified atom stereocenters. The lowest BCUT2D eigenvalue weighted by Gasteiger charge is -2.18. The summed E-state index contributed by atoms with van der Waals surface area (Å²) in [6.07, 6.45) is 0.751. The first-order chi connectivity index (χ1) is 9.24. The fourth-order valence-corrected chi connectivity index (χ4v) is 2.23. The van der Waals surface area contributed by atoms with Gasteiger partial charge in [0.25, 0.3) is 0 Å². The summed E-state index contributed by atoms with van der Waals surface area (Å²) < 4.78 is 5.96. The first-order valence-corrected chi connectivity index (χ1v) is 6.82. The van der Waals surface area contributed by atoms with E-state index in [2.05, 4.69) is 6.92 Å². The van der Waals surface area contributed by atoms with Gasteiger partial charge < -0.3 is 10.5 Å². The number of hydrogen-bond acceptors (Lipinski definition) is 2. The average molecular weight is 276 g/mol. The molecule has 2 aromatic carbocycles. The molecular formula is C16H18ClNO. The highest BCUT2D eigenvalue weighted by Crippen LogP contribution is 2.26. The molecule has 0 aliphatic carbocycles. The van der Waals surface area contributed by atoms with Gasteiger partial charge in [-0.3, -0.25) is 0 Å². The molecule has 2 rings (SSSR count). The molecule has 0 fully saturated rings. The normalized spacial score (nSPS) is 12.2. The molecule has 0 saturated heterocycles. The molecule has 0 aliphatic heterocycles. The van der Waals surface area contributed by atoms with Crippen molar-refractivity contribution >= 4 is 11.6 Å². The number of ether oxygens (including phenoxy) is 1. The number of benzene rings is 2. The van der Waals surface area contributed by atoms with E-state index in [1.54, 1.807) is 0 Å². The number of halogens is 1. The Bertz CT molecular complexity index is 528. The van der Waals surface area contributed by atoms with Crippen LogP contribution in [0, 0.1) is 0 Å². The Kier molecular flexibility index (Phi) is 4.83. The molecule has 1 atom stereocenters. The van der Waals surface area contributed by atoms with Gasteiger partial charge in [-0.1, -0.05) is 48.9 Å². The Morgan fingerprint density at radius 2 is 1.89 bits per heavy atom. The summed E-state index contributed by atoms with van der Waals surface area (Å²) in [6, 6.07) is 15.7. The minimum atomic E-state index is -0.132. The lowest BCUT2D eigenvalue weighted by atomic mass is 10.1. The Hall–Kier alpha value is -1.51. The molecule has 100 valence electrons. The van der Waals surface area contributed by atoms with Gasteiger partial charge in [0.1, 0.15) is 11.9 Å². The van der Waals surface area contributed by atoms with E-state index in [-0.39, 0.29) is 6.10 Å². The molecule has 0 radical (unpaired) electrons. The van der Waals surface area contributed by atoms with Crippen LogP contribution in [-0.4, -0.2) is 6.54 Å². The van der Waals surface area contributed by atoms with Crippen molar-refractivity contribution in [2.45, 2.75) is 19.4 Å². The van der Waals surface area contributed by atoms with Crippen LogP contribution >= 0.6 is 11.6 Å². The molecule has 0 aromatic heterocycles. The second-order valence-electron chi connectivity index (χ2n) is 4.36. The molecule has 2 N–H and O–H groups in total. The summed E-state index contributed by atoms with van der Waals surface area (Å²) in [5.74, 6) is 0.806. The van der Waals surface area contributed by atoms with Gasteiger partial charge in [0.2, 0.25) is 0 Å². The first-order valence-electron chi connectivity index (χ1n) is 6.44. The van der Waals surface area contributed by atoms with E-state index in [1.807, 2.05) is 48.5 Å². The first kappa shape index (κ1) is 13.9. The Balaban J connectivity index is 2.19. The summed E-state index contributed by atoms with van der Waals surface area (Å²) in [4.78, 5) is 0. The van der Waals surface area contributed by atoms with Crippen molar-refractivity contribution in [1.82, 2.24) is 0 Å². The Morgan fingerprint density at radius 3 is 2.53 bits per heavy atom. The van der Waals surface area contributed by atoms with Crippen LogP contribution < -0.4 is 10.5 Å². The maximum absolute atomic E-state index is 6.10. The SMILES string of the molecule is CCc1cc(OC(CN)c2ccccc2)ccc1Cl. The van der Waals surface area contributed by atoms with Crippen LogP contribution in [0.1, 0.15) is 24.2 Å². The van der Waals surface area contributed by atoms with Crippen LogP contribution in [0.4, 0.5) is 0 Å². The minimum Gasteiger partial charge on any atom is -0.484 e. The lowest BCUT2D eigenvalue weighted by Crippen LogP contribution is -2.18. The van der Waals surface area contributed by atoms with Crippen molar-refractivity contribution in [3.63, 3.8) is 0 Å². The number of nitrogens with two attached hydrogens (primary N) is 1. The Labute approximate surface area is 119 Å². The van der Waals surface area contributed by atoms with Gasteiger partial charge in [-0.15, -0.1) is 0 Å². The van der Waals surface area contributed by atoms with Crippen LogP contribution in [0.3, 0.4) is 0 Å². The highest BCUT2D eigenvalue weighted by molar-refractivity contribution is 6.31. The Morgan fingerprint density at radius 1 is 1.16 bits per heavy atom. The van der Waals surface area contributed by atoms with Crippen LogP contribution in [0.15, 0.2) is 48.5 Å². The zero-order chi connectivity index (χ0) is 13.7. The second-order valence-corrected chi connectivity index (χ2v) is 4.77. The summed E-state index contributed by atoms with van der Waals surface area (Å²) >= 11 is 6.10. The minimum absolute atomic E-state index is 0.132. The summed E-state index contributed by atoms with van der Waals surface area (Å²) in [5.41, 5.74) is 7.97. The van der Waals surface area contributed by atoms with Crippen molar-refractivity contribution < 1.29 is 4.74 Å². The van der Waals surface area contributed by atoms with Crippen LogP contribution in [0.25, 0.3) is 0 Å². The molecule has 3 heteroatoms. The van der Waals surface area contributed by atoms with Crippen LogP contribution in [0.2, 0.25) is 5.02 Å². The van der Waals surface area contributed by atoms with E-state index >= 15 is 0 Å². The predicted molar refractivity (Wildman–Crippen MR) is 79.7 cm³/mol. The monoisotopic (exact) mass is 275 g/mol. The van der Waals surface area contributed by atoms with Gasteiger partial charge >= 0.3 is 0 Å². The quantitative estimate of drug-likeness (QED) is 0.896. The van der Waals surface area contributed by atoms with Gasteiger partial charge in [-0.2, -0.15) is 0 Å². The smallest absolute Gasteiger partial charge is 0.136 e. The molecule has 0 spiro atoms. The molecule has 0 heterocycles. The molecule has 0 aliphatic rings. The highest BCUT2D eigenvalue weighted by Gasteiger charge is 2.11. The van der Waals surface area contributed by atoms with Gasteiger partial charge in [0, 0.05) is 11.6 Å². The fraction of sp³-hybridized carbons (Fsp3) is 0.250. The van der Waals surface area contributed by atoms with Crippen LogP contribution in [-0.2, 0) is 6.42 Å². The number of rotatable bonds is 5. The second kappa shape index (κ2) is 6.60. The molecule has 19 heavy (non-hydrogen) atoms. The maximum Gasteiger partial charge on any atom is 0.136 e. The number of hydrogen-bond donors (Lipinski definition) is 1. The van der Waals surface area contributed by atoms with Gasteiger partial charge in [0.15, 0.2) is 0 Å². The van der Waals surface area contributed by atoms with Gasteiger partial charge in [-0.25, -0.2) is 0 Å². The molecule has 0 saturated carbocycles.